The van der Waals surface area contributed by atoms with Crippen molar-refractivity contribution in [3.05, 3.63) is 53.6 Å². The van der Waals surface area contributed by atoms with Crippen LogP contribution in [-0.2, 0) is 9.59 Å². The highest BCUT2D eigenvalue weighted by Gasteiger charge is 2.14. The Balaban J connectivity index is 1.99. The molecule has 0 fully saturated rings. The van der Waals surface area contributed by atoms with Crippen LogP contribution >= 0.6 is 0 Å². The van der Waals surface area contributed by atoms with E-state index in [2.05, 4.69) is 15.8 Å². The molecule has 0 aliphatic heterocycles. The molecule has 3 N–H and O–H groups in total. The Hall–Kier alpha value is -3.88. The number of amides is 2. The molecule has 0 bridgehead atoms. The number of methoxy groups -OCH3 is 1. The number of nitrogens with zero attached hydrogens (tertiary/aromatic N) is 1. The third-order valence-corrected chi connectivity index (χ3v) is 3.45. The maximum atomic E-state index is 11.9. The quantitative estimate of drug-likeness (QED) is 0.379. The maximum Gasteiger partial charge on any atom is 0.339 e. The number of hydrazone groups is 1. The number of ether oxygens (including phenoxy) is 2. The zero-order valence-corrected chi connectivity index (χ0v) is 15.3. The van der Waals surface area contributed by atoms with Crippen molar-refractivity contribution in [3.8, 4) is 11.5 Å². The van der Waals surface area contributed by atoms with Crippen LogP contribution in [0.5, 0.6) is 11.5 Å². The molecule has 0 aromatic heterocycles. The van der Waals surface area contributed by atoms with Crippen molar-refractivity contribution in [3.63, 3.8) is 0 Å². The van der Waals surface area contributed by atoms with E-state index in [0.717, 1.165) is 0 Å². The molecule has 9 heteroatoms. The van der Waals surface area contributed by atoms with E-state index in [1.807, 2.05) is 0 Å². The van der Waals surface area contributed by atoms with E-state index >= 15 is 0 Å². The predicted molar refractivity (Wildman–Crippen MR) is 102 cm³/mol. The van der Waals surface area contributed by atoms with Gasteiger partial charge in [-0.2, -0.15) is 5.10 Å². The largest absolute Gasteiger partial charge is 0.497 e. The van der Waals surface area contributed by atoms with Crippen molar-refractivity contribution in [1.82, 2.24) is 5.43 Å². The fourth-order valence-corrected chi connectivity index (χ4v) is 2.18. The van der Waals surface area contributed by atoms with Gasteiger partial charge in [0.15, 0.2) is 0 Å². The third-order valence-electron chi connectivity index (χ3n) is 3.45. The lowest BCUT2D eigenvalue weighted by Crippen LogP contribution is -2.32. The average Bonchev–Trinajstić information content (AvgIpc) is 2.69. The number of anilines is 1. The molecule has 0 aliphatic rings. The lowest BCUT2D eigenvalue weighted by molar-refractivity contribution is -0.136. The van der Waals surface area contributed by atoms with Gasteiger partial charge in [-0.15, -0.1) is 0 Å². The summed E-state index contributed by atoms with van der Waals surface area (Å²) in [4.78, 5) is 35.0. The molecule has 2 rings (SSSR count). The molecule has 0 heterocycles. The van der Waals surface area contributed by atoms with Gasteiger partial charge < -0.3 is 19.9 Å². The Bertz CT molecular complexity index is 910. The minimum Gasteiger partial charge on any atom is -0.497 e. The number of carboxylic acid groups (broad SMARTS) is 1. The number of carbonyl (C=O) groups excluding carboxylic acids is 2. The molecule has 2 aromatic carbocycles. The fourth-order valence-electron chi connectivity index (χ4n) is 2.18. The standard InChI is InChI=1S/C19H19N3O6/c1-3-28-16-8-7-12(9-15(16)19(25)26)11-20-22-18(24)17(23)21-13-5-4-6-14(10-13)27-2/h4-11H,3H2,1-2H3,(H,21,23)(H,22,24)(H,25,26)/b20-11-. The first-order valence-electron chi connectivity index (χ1n) is 8.23. The predicted octanol–water partition coefficient (Wildman–Crippen LogP) is 1.88. The Morgan fingerprint density at radius 2 is 1.93 bits per heavy atom. The SMILES string of the molecule is CCOc1ccc(/C=N\NC(=O)C(=O)Nc2cccc(OC)c2)cc1C(=O)O. The molecule has 0 spiro atoms. The van der Waals surface area contributed by atoms with Crippen molar-refractivity contribution in [1.29, 1.82) is 0 Å². The molecule has 28 heavy (non-hydrogen) atoms. The smallest absolute Gasteiger partial charge is 0.339 e. The van der Waals surface area contributed by atoms with Crippen LogP contribution in [0.25, 0.3) is 0 Å². The molecule has 2 amide bonds. The first kappa shape index (κ1) is 20.4. The van der Waals surface area contributed by atoms with Gasteiger partial charge >= 0.3 is 17.8 Å². The molecule has 2 aromatic rings. The van der Waals surface area contributed by atoms with Crippen LogP contribution < -0.4 is 20.2 Å². The summed E-state index contributed by atoms with van der Waals surface area (Å²) in [6.07, 6.45) is 1.22. The van der Waals surface area contributed by atoms with E-state index < -0.39 is 17.8 Å². The molecular formula is C19H19N3O6. The number of rotatable bonds is 7. The van der Waals surface area contributed by atoms with Crippen LogP contribution in [0.2, 0.25) is 0 Å². The van der Waals surface area contributed by atoms with E-state index in [9.17, 15) is 19.5 Å². The molecule has 0 aliphatic carbocycles. The first-order valence-corrected chi connectivity index (χ1v) is 8.23. The molecule has 0 unspecified atom stereocenters. The summed E-state index contributed by atoms with van der Waals surface area (Å²) in [7, 11) is 1.49. The van der Waals surface area contributed by atoms with Gasteiger partial charge in [0.05, 0.1) is 19.9 Å². The van der Waals surface area contributed by atoms with Crippen LogP contribution in [0.4, 0.5) is 5.69 Å². The molecular weight excluding hydrogens is 366 g/mol. The molecule has 0 radical (unpaired) electrons. The first-order chi connectivity index (χ1) is 13.4. The number of hydrogen-bond acceptors (Lipinski definition) is 6. The summed E-state index contributed by atoms with van der Waals surface area (Å²) >= 11 is 0. The van der Waals surface area contributed by atoms with Gasteiger partial charge in [-0.25, -0.2) is 10.2 Å². The van der Waals surface area contributed by atoms with E-state index in [0.29, 0.717) is 23.6 Å². The van der Waals surface area contributed by atoms with E-state index in [1.54, 1.807) is 37.3 Å². The molecule has 146 valence electrons. The Labute approximate surface area is 161 Å². The Kier molecular flexibility index (Phi) is 7.09. The van der Waals surface area contributed by atoms with Crippen LogP contribution in [-0.4, -0.2) is 42.8 Å². The summed E-state index contributed by atoms with van der Waals surface area (Å²) in [5.41, 5.74) is 2.84. The maximum absolute atomic E-state index is 11.9. The average molecular weight is 385 g/mol. The van der Waals surface area contributed by atoms with Gasteiger partial charge in [-0.05, 0) is 42.8 Å². The lowest BCUT2D eigenvalue weighted by atomic mass is 10.1. The minimum absolute atomic E-state index is 0.0344. The second-order valence-electron chi connectivity index (χ2n) is 5.38. The number of carbonyl (C=O) groups is 3. The Morgan fingerprint density at radius 1 is 1.14 bits per heavy atom. The zero-order chi connectivity index (χ0) is 20.5. The lowest BCUT2D eigenvalue weighted by Gasteiger charge is -2.07. The number of carboxylic acids is 1. The topological polar surface area (TPSA) is 126 Å². The summed E-state index contributed by atoms with van der Waals surface area (Å²) < 4.78 is 10.3. The van der Waals surface area contributed by atoms with Gasteiger partial charge in [0.25, 0.3) is 0 Å². The summed E-state index contributed by atoms with van der Waals surface area (Å²) in [5.74, 6) is -2.29. The van der Waals surface area contributed by atoms with Crippen LogP contribution in [0.3, 0.4) is 0 Å². The molecule has 0 saturated carbocycles. The van der Waals surface area contributed by atoms with Crippen molar-refractivity contribution in [2.75, 3.05) is 19.0 Å². The summed E-state index contributed by atoms with van der Waals surface area (Å²) in [5, 5.41) is 15.3. The number of aromatic carboxylic acids is 1. The number of nitrogens with one attached hydrogen (secondary N) is 2. The monoisotopic (exact) mass is 385 g/mol. The Morgan fingerprint density at radius 3 is 2.61 bits per heavy atom. The van der Waals surface area contributed by atoms with Crippen LogP contribution in [0.1, 0.15) is 22.8 Å². The highest BCUT2D eigenvalue weighted by Crippen LogP contribution is 2.20. The molecule has 9 nitrogen and oxygen atoms in total. The molecule has 0 saturated heterocycles. The van der Waals surface area contributed by atoms with Gasteiger partial charge in [0, 0.05) is 11.8 Å². The van der Waals surface area contributed by atoms with Gasteiger partial charge in [0.2, 0.25) is 0 Å². The summed E-state index contributed by atoms with van der Waals surface area (Å²) in [6, 6.07) is 10.9. The van der Waals surface area contributed by atoms with E-state index in [-0.39, 0.29) is 11.3 Å². The summed E-state index contributed by atoms with van der Waals surface area (Å²) in [6.45, 7) is 2.07. The van der Waals surface area contributed by atoms with Crippen LogP contribution in [0.15, 0.2) is 47.6 Å². The third kappa shape index (κ3) is 5.56. The number of hydrogen-bond donors (Lipinski definition) is 3. The van der Waals surface area contributed by atoms with Crippen molar-refractivity contribution in [2.45, 2.75) is 6.92 Å². The molecule has 0 atom stereocenters. The normalized spacial score (nSPS) is 10.4. The second-order valence-corrected chi connectivity index (χ2v) is 5.38. The van der Waals surface area contributed by atoms with Crippen LogP contribution in [0, 0.1) is 0 Å². The van der Waals surface area contributed by atoms with Crippen molar-refractivity contribution in [2.24, 2.45) is 5.10 Å². The second kappa shape index (κ2) is 9.72. The van der Waals surface area contributed by atoms with Crippen molar-refractivity contribution < 1.29 is 29.0 Å². The van der Waals surface area contributed by atoms with Gasteiger partial charge in [0.1, 0.15) is 17.1 Å². The number of benzene rings is 2. The fraction of sp³-hybridized carbons (Fsp3) is 0.158. The highest BCUT2D eigenvalue weighted by molar-refractivity contribution is 6.39. The minimum atomic E-state index is -1.15. The van der Waals surface area contributed by atoms with Gasteiger partial charge in [-0.3, -0.25) is 9.59 Å². The van der Waals surface area contributed by atoms with Gasteiger partial charge in [-0.1, -0.05) is 6.07 Å². The van der Waals surface area contributed by atoms with E-state index in [1.165, 1.54) is 25.5 Å². The highest BCUT2D eigenvalue weighted by atomic mass is 16.5. The zero-order valence-electron chi connectivity index (χ0n) is 15.3. The van der Waals surface area contributed by atoms with E-state index in [4.69, 9.17) is 9.47 Å². The van der Waals surface area contributed by atoms with Crippen molar-refractivity contribution >= 4 is 29.7 Å².